The second kappa shape index (κ2) is 15.4. The zero-order chi connectivity index (χ0) is 25.6. The van der Waals surface area contributed by atoms with Gasteiger partial charge in [-0.2, -0.15) is 0 Å². The van der Waals surface area contributed by atoms with Crippen LogP contribution in [0.3, 0.4) is 0 Å². The van der Waals surface area contributed by atoms with E-state index in [0.29, 0.717) is 24.4 Å². The lowest BCUT2D eigenvalue weighted by Gasteiger charge is -2.18. The maximum absolute atomic E-state index is 12.8. The molecule has 11 heteroatoms. The molecule has 35 heavy (non-hydrogen) atoms. The third kappa shape index (κ3) is 11.1. The molecule has 1 aromatic heterocycles. The molecule has 2 aromatic rings. The number of aromatic nitrogens is 1. The fourth-order valence-electron chi connectivity index (χ4n) is 3.08. The van der Waals surface area contributed by atoms with E-state index in [2.05, 4.69) is 20.3 Å². The largest absolute Gasteiger partial charge is 0.462 e. The van der Waals surface area contributed by atoms with Gasteiger partial charge in [0, 0.05) is 30.0 Å². The number of pyridine rings is 1. The van der Waals surface area contributed by atoms with Crippen LogP contribution in [0, 0.1) is 0 Å². The minimum atomic E-state index is -0.640. The molecular formula is C24H32ClN5O4S. The Labute approximate surface area is 215 Å². The van der Waals surface area contributed by atoms with E-state index < -0.39 is 6.04 Å². The quantitative estimate of drug-likeness (QED) is 0.219. The first kappa shape index (κ1) is 28.6. The summed E-state index contributed by atoms with van der Waals surface area (Å²) >= 11 is 7.13. The van der Waals surface area contributed by atoms with Crippen molar-refractivity contribution in [2.45, 2.75) is 51.9 Å². The van der Waals surface area contributed by atoms with E-state index in [4.69, 9.17) is 22.1 Å². The second-order valence-corrected chi connectivity index (χ2v) is 9.22. The lowest BCUT2D eigenvalue weighted by molar-refractivity contribution is -0.144. The number of halogens is 1. The Morgan fingerprint density at radius 1 is 1.14 bits per heavy atom. The van der Waals surface area contributed by atoms with E-state index >= 15 is 0 Å². The van der Waals surface area contributed by atoms with Crippen LogP contribution in [-0.4, -0.2) is 47.2 Å². The summed E-state index contributed by atoms with van der Waals surface area (Å²) in [6.45, 7) is 3.92. The number of nitrogens with two attached hydrogens (primary N) is 1. The Morgan fingerprint density at radius 3 is 2.63 bits per heavy atom. The molecule has 2 amide bonds. The molecule has 9 nitrogen and oxygen atoms in total. The van der Waals surface area contributed by atoms with Gasteiger partial charge in [0.05, 0.1) is 18.7 Å². The van der Waals surface area contributed by atoms with Gasteiger partial charge >= 0.3 is 5.97 Å². The summed E-state index contributed by atoms with van der Waals surface area (Å²) in [6.07, 6.45) is 2.46. The highest BCUT2D eigenvalue weighted by Crippen LogP contribution is 2.15. The van der Waals surface area contributed by atoms with E-state index in [1.165, 1.54) is 0 Å². The van der Waals surface area contributed by atoms with Crippen LogP contribution in [0.4, 0.5) is 0 Å². The highest BCUT2D eigenvalue weighted by molar-refractivity contribution is 7.98. The Balaban J connectivity index is 1.87. The lowest BCUT2D eigenvalue weighted by atomic mass is 10.1. The van der Waals surface area contributed by atoms with E-state index in [-0.39, 0.29) is 42.7 Å². The third-order valence-corrected chi connectivity index (χ3v) is 5.87. The molecule has 1 aromatic carbocycles. The van der Waals surface area contributed by atoms with Crippen LogP contribution in [0.1, 0.15) is 37.1 Å². The van der Waals surface area contributed by atoms with Gasteiger partial charge in [-0.15, -0.1) is 0 Å². The minimum absolute atomic E-state index is 0.0507. The van der Waals surface area contributed by atoms with Gasteiger partial charge in [-0.25, -0.2) is 0 Å². The number of nitrogens with zero attached hydrogens (tertiary/aromatic N) is 1. The Bertz CT molecular complexity index is 978. The van der Waals surface area contributed by atoms with Crippen molar-refractivity contribution in [1.29, 1.82) is 0 Å². The molecule has 0 spiro atoms. The molecule has 0 fully saturated rings. The van der Waals surface area contributed by atoms with Gasteiger partial charge in [0.2, 0.25) is 11.8 Å². The predicted molar refractivity (Wildman–Crippen MR) is 137 cm³/mol. The molecule has 1 atom stereocenters. The smallest absolute Gasteiger partial charge is 0.317 e. The van der Waals surface area contributed by atoms with Crippen LogP contribution in [0.5, 0.6) is 0 Å². The second-order valence-electron chi connectivity index (χ2n) is 7.97. The van der Waals surface area contributed by atoms with Crippen molar-refractivity contribution < 1.29 is 19.1 Å². The van der Waals surface area contributed by atoms with Crippen LogP contribution < -0.4 is 21.1 Å². The van der Waals surface area contributed by atoms with E-state index in [1.54, 1.807) is 32.2 Å². The molecular weight excluding hydrogens is 490 g/mol. The van der Waals surface area contributed by atoms with Crippen LogP contribution in [0.25, 0.3) is 0 Å². The van der Waals surface area contributed by atoms with Crippen LogP contribution >= 0.6 is 23.5 Å². The van der Waals surface area contributed by atoms with Gasteiger partial charge < -0.3 is 21.1 Å². The summed E-state index contributed by atoms with van der Waals surface area (Å²) in [5.41, 5.74) is 8.27. The van der Waals surface area contributed by atoms with Crippen molar-refractivity contribution in [2.75, 3.05) is 12.3 Å². The van der Waals surface area contributed by atoms with E-state index in [9.17, 15) is 14.4 Å². The van der Waals surface area contributed by atoms with E-state index in [0.717, 1.165) is 28.8 Å². The fraction of sp³-hybridized carbons (Fsp3) is 0.417. The summed E-state index contributed by atoms with van der Waals surface area (Å²) < 4.78 is 8.12. The molecule has 2 rings (SSSR count). The number of rotatable bonds is 14. The number of benzene rings is 1. The minimum Gasteiger partial charge on any atom is -0.462 e. The molecule has 1 unspecified atom stereocenters. The van der Waals surface area contributed by atoms with Gasteiger partial charge in [0.15, 0.2) is 0 Å². The normalized spacial score (nSPS) is 11.7. The predicted octanol–water partition coefficient (Wildman–Crippen LogP) is 2.12. The van der Waals surface area contributed by atoms with E-state index in [1.807, 2.05) is 24.3 Å². The zero-order valence-corrected chi connectivity index (χ0v) is 21.5. The Morgan fingerprint density at radius 2 is 1.94 bits per heavy atom. The first-order chi connectivity index (χ1) is 16.8. The van der Waals surface area contributed by atoms with Crippen molar-refractivity contribution in [3.05, 3.63) is 64.4 Å². The number of nitrogens with one attached hydrogen (secondary N) is 3. The number of carbonyl (C=O) groups is 3. The van der Waals surface area contributed by atoms with Crippen molar-refractivity contribution in [2.24, 2.45) is 5.73 Å². The van der Waals surface area contributed by atoms with Crippen LogP contribution in [-0.2, 0) is 38.6 Å². The molecule has 190 valence electrons. The monoisotopic (exact) mass is 521 g/mol. The average molecular weight is 522 g/mol. The summed E-state index contributed by atoms with van der Waals surface area (Å²) in [4.78, 5) is 41.2. The molecule has 0 bridgehead atoms. The number of carbonyl (C=O) groups excluding carboxylic acids is 3. The van der Waals surface area contributed by atoms with Crippen molar-refractivity contribution in [1.82, 2.24) is 20.3 Å². The average Bonchev–Trinajstić information content (AvgIpc) is 2.83. The van der Waals surface area contributed by atoms with Crippen LogP contribution in [0.15, 0.2) is 42.6 Å². The zero-order valence-electron chi connectivity index (χ0n) is 19.9. The maximum atomic E-state index is 12.8. The Hall–Kier alpha value is -2.66. The molecule has 0 saturated carbocycles. The number of aryl methyl sites for hydroxylation is 1. The summed E-state index contributed by atoms with van der Waals surface area (Å²) in [5.74, 6) is -1.03. The number of amides is 2. The lowest BCUT2D eigenvalue weighted by Crippen LogP contribution is -2.46. The molecule has 0 radical (unpaired) electrons. The molecule has 1 heterocycles. The molecule has 0 aliphatic carbocycles. The van der Waals surface area contributed by atoms with Gasteiger partial charge in [0.25, 0.3) is 0 Å². The summed E-state index contributed by atoms with van der Waals surface area (Å²) in [5, 5.41) is 5.97. The number of esters is 1. The molecule has 5 N–H and O–H groups in total. The van der Waals surface area contributed by atoms with Crippen molar-refractivity contribution >= 4 is 41.3 Å². The molecule has 0 aliphatic heterocycles. The van der Waals surface area contributed by atoms with Gasteiger partial charge in [0.1, 0.15) is 5.75 Å². The first-order valence-corrected chi connectivity index (χ1v) is 12.6. The number of ether oxygens (including phenoxy) is 1. The molecule has 0 aliphatic rings. The SMILES string of the molecule is CC(C)OC(=O)CSNC(CCc1ccccn1)C(=O)NCC(=O)NCc1cc(Cl)ccc1CN. The summed E-state index contributed by atoms with van der Waals surface area (Å²) in [6, 6.07) is 10.2. The van der Waals surface area contributed by atoms with Crippen LogP contribution in [0.2, 0.25) is 5.02 Å². The maximum Gasteiger partial charge on any atom is 0.317 e. The molecule has 0 saturated heterocycles. The van der Waals surface area contributed by atoms with Gasteiger partial charge in [-0.3, -0.25) is 24.1 Å². The van der Waals surface area contributed by atoms with Gasteiger partial charge in [-0.1, -0.05) is 35.7 Å². The number of hydrogen-bond acceptors (Lipinski definition) is 8. The fourth-order valence-corrected chi connectivity index (χ4v) is 3.97. The highest BCUT2D eigenvalue weighted by Gasteiger charge is 2.20. The topological polar surface area (TPSA) is 135 Å². The van der Waals surface area contributed by atoms with Crippen molar-refractivity contribution in [3.63, 3.8) is 0 Å². The third-order valence-electron chi connectivity index (χ3n) is 4.80. The standard InChI is InChI=1S/C24H32ClN5O4S/c1-16(2)34-23(32)15-35-30-21(9-8-20-5-3-4-10-27-20)24(33)29-14-22(31)28-13-18-11-19(25)7-6-17(18)12-26/h3-7,10-11,16,21,30H,8-9,12-15,26H2,1-2H3,(H,28,31)(H,29,33). The summed E-state index contributed by atoms with van der Waals surface area (Å²) in [7, 11) is 0. The number of hydrogen-bond donors (Lipinski definition) is 4. The highest BCUT2D eigenvalue weighted by atomic mass is 35.5. The van der Waals surface area contributed by atoms with Gasteiger partial charge in [-0.05, 0) is 62.1 Å². The van der Waals surface area contributed by atoms with Crippen molar-refractivity contribution in [3.8, 4) is 0 Å². The first-order valence-electron chi connectivity index (χ1n) is 11.3. The Kier molecular flexibility index (Phi) is 12.5.